The molecule has 1 saturated carbocycles. The first kappa shape index (κ1) is 13.1. The normalized spacial score (nSPS) is 18.5. The molecule has 2 rings (SSSR count). The molecule has 0 heterocycles. The summed E-state index contributed by atoms with van der Waals surface area (Å²) in [6, 6.07) is 7.71. The van der Waals surface area contributed by atoms with Crippen LogP contribution in [0.15, 0.2) is 24.3 Å². The van der Waals surface area contributed by atoms with Crippen LogP contribution in [-0.4, -0.2) is 22.8 Å². The van der Waals surface area contributed by atoms with Gasteiger partial charge in [-0.15, -0.1) is 0 Å². The maximum absolute atomic E-state index is 11.6. The lowest BCUT2D eigenvalue weighted by Gasteiger charge is -2.33. The Labute approximate surface area is 107 Å². The van der Waals surface area contributed by atoms with Gasteiger partial charge in [-0.3, -0.25) is 4.79 Å². The minimum atomic E-state index is -0.697. The van der Waals surface area contributed by atoms with E-state index in [0.29, 0.717) is 6.42 Å². The highest BCUT2D eigenvalue weighted by molar-refractivity contribution is 5.81. The second-order valence-electron chi connectivity index (χ2n) is 5.12. The third-order valence-electron chi connectivity index (χ3n) is 4.02. The molecule has 0 aromatic heterocycles. The molecule has 98 valence electrons. The molecule has 18 heavy (non-hydrogen) atoms. The van der Waals surface area contributed by atoms with Crippen LogP contribution in [0.2, 0.25) is 0 Å². The first-order chi connectivity index (χ1) is 8.69. The van der Waals surface area contributed by atoms with Crippen molar-refractivity contribution in [1.82, 2.24) is 0 Å². The summed E-state index contributed by atoms with van der Waals surface area (Å²) in [5.41, 5.74) is 1.28. The molecule has 0 aliphatic heterocycles. The van der Waals surface area contributed by atoms with Crippen LogP contribution in [0.25, 0.3) is 0 Å². The molecule has 3 nitrogen and oxygen atoms in total. The van der Waals surface area contributed by atoms with E-state index in [4.69, 9.17) is 5.11 Å². The van der Waals surface area contributed by atoms with E-state index in [9.17, 15) is 9.90 Å². The number of hydrogen-bond acceptors (Lipinski definition) is 2. The standard InChI is InChI=1S/C15H20O3/c16-11-8-12-4-6-13(7-5-12)15(14(17)18)9-2-1-3-10-15/h4-7,16H,1-3,8-11H2,(H,17,18). The van der Waals surface area contributed by atoms with Crippen molar-refractivity contribution in [1.29, 1.82) is 0 Å². The van der Waals surface area contributed by atoms with Gasteiger partial charge >= 0.3 is 5.97 Å². The molecule has 1 aromatic carbocycles. The second kappa shape index (κ2) is 5.53. The molecular formula is C15H20O3. The van der Waals surface area contributed by atoms with Crippen molar-refractivity contribution in [2.75, 3.05) is 6.61 Å². The maximum atomic E-state index is 11.6. The predicted molar refractivity (Wildman–Crippen MR) is 69.6 cm³/mol. The van der Waals surface area contributed by atoms with Gasteiger partial charge in [-0.05, 0) is 30.4 Å². The predicted octanol–water partition coefficient (Wildman–Crippen LogP) is 2.51. The average molecular weight is 248 g/mol. The quantitative estimate of drug-likeness (QED) is 0.860. The number of aliphatic carboxylic acids is 1. The zero-order valence-corrected chi connectivity index (χ0v) is 10.6. The number of carboxylic acids is 1. The summed E-state index contributed by atoms with van der Waals surface area (Å²) in [6.45, 7) is 0.128. The molecule has 0 spiro atoms. The SMILES string of the molecule is O=C(O)C1(c2ccc(CCO)cc2)CCCCC1. The lowest BCUT2D eigenvalue weighted by atomic mass is 9.69. The molecule has 2 N–H and O–H groups in total. The van der Waals surface area contributed by atoms with E-state index in [2.05, 4.69) is 0 Å². The smallest absolute Gasteiger partial charge is 0.314 e. The molecule has 0 radical (unpaired) electrons. The van der Waals surface area contributed by atoms with Gasteiger partial charge < -0.3 is 10.2 Å². The van der Waals surface area contributed by atoms with Crippen LogP contribution in [0.4, 0.5) is 0 Å². The fourth-order valence-electron chi connectivity index (χ4n) is 2.90. The lowest BCUT2D eigenvalue weighted by Crippen LogP contribution is -2.37. The summed E-state index contributed by atoms with van der Waals surface area (Å²) < 4.78 is 0. The number of benzene rings is 1. The van der Waals surface area contributed by atoms with Gasteiger partial charge in [-0.2, -0.15) is 0 Å². The largest absolute Gasteiger partial charge is 0.481 e. The topological polar surface area (TPSA) is 57.5 Å². The zero-order chi connectivity index (χ0) is 13.0. The highest BCUT2D eigenvalue weighted by Crippen LogP contribution is 2.39. The minimum Gasteiger partial charge on any atom is -0.481 e. The molecule has 1 aliphatic carbocycles. The van der Waals surface area contributed by atoms with E-state index >= 15 is 0 Å². The second-order valence-corrected chi connectivity index (χ2v) is 5.12. The van der Waals surface area contributed by atoms with Crippen LogP contribution in [0.1, 0.15) is 43.2 Å². The molecular weight excluding hydrogens is 228 g/mol. The molecule has 0 unspecified atom stereocenters. The fourth-order valence-corrected chi connectivity index (χ4v) is 2.90. The van der Waals surface area contributed by atoms with Crippen LogP contribution < -0.4 is 0 Å². The van der Waals surface area contributed by atoms with Gasteiger partial charge in [0.2, 0.25) is 0 Å². The zero-order valence-electron chi connectivity index (χ0n) is 10.6. The Kier molecular flexibility index (Phi) is 4.02. The Bertz CT molecular complexity index is 402. The number of carbonyl (C=O) groups is 1. The van der Waals surface area contributed by atoms with Crippen molar-refractivity contribution in [3.63, 3.8) is 0 Å². The average Bonchev–Trinajstić information content (AvgIpc) is 2.40. The van der Waals surface area contributed by atoms with E-state index in [1.165, 1.54) is 0 Å². The number of aliphatic hydroxyl groups excluding tert-OH is 1. The van der Waals surface area contributed by atoms with Gasteiger partial charge in [0.25, 0.3) is 0 Å². The van der Waals surface area contributed by atoms with E-state index in [1.807, 2.05) is 24.3 Å². The molecule has 0 amide bonds. The first-order valence-corrected chi connectivity index (χ1v) is 6.63. The summed E-state index contributed by atoms with van der Waals surface area (Å²) in [4.78, 5) is 11.6. The van der Waals surface area contributed by atoms with Gasteiger partial charge in [-0.25, -0.2) is 0 Å². The molecule has 1 aromatic rings. The van der Waals surface area contributed by atoms with Crippen molar-refractivity contribution in [3.05, 3.63) is 35.4 Å². The molecule has 0 saturated heterocycles. The Balaban J connectivity index is 2.28. The van der Waals surface area contributed by atoms with Crippen LogP contribution in [0.3, 0.4) is 0 Å². The maximum Gasteiger partial charge on any atom is 0.314 e. The van der Waals surface area contributed by atoms with Crippen LogP contribution in [0, 0.1) is 0 Å². The van der Waals surface area contributed by atoms with E-state index in [1.54, 1.807) is 0 Å². The van der Waals surface area contributed by atoms with Crippen LogP contribution in [0.5, 0.6) is 0 Å². The molecule has 3 heteroatoms. The van der Waals surface area contributed by atoms with E-state index in [-0.39, 0.29) is 6.61 Å². The van der Waals surface area contributed by atoms with Gasteiger partial charge in [0.1, 0.15) is 0 Å². The molecule has 0 atom stereocenters. The number of rotatable bonds is 4. The van der Waals surface area contributed by atoms with Crippen molar-refractivity contribution in [2.24, 2.45) is 0 Å². The summed E-state index contributed by atoms with van der Waals surface area (Å²) in [5, 5.41) is 18.5. The van der Waals surface area contributed by atoms with Crippen LogP contribution >= 0.6 is 0 Å². The van der Waals surface area contributed by atoms with Gasteiger partial charge in [-0.1, -0.05) is 43.5 Å². The summed E-state index contributed by atoms with van der Waals surface area (Å²) in [6.07, 6.45) is 5.22. The van der Waals surface area contributed by atoms with Gasteiger partial charge in [0.15, 0.2) is 0 Å². The third kappa shape index (κ3) is 2.41. The Hall–Kier alpha value is -1.35. The summed E-state index contributed by atoms with van der Waals surface area (Å²) in [7, 11) is 0. The first-order valence-electron chi connectivity index (χ1n) is 6.63. The molecule has 1 aliphatic rings. The van der Waals surface area contributed by atoms with E-state index in [0.717, 1.165) is 43.2 Å². The van der Waals surface area contributed by atoms with Crippen LogP contribution in [-0.2, 0) is 16.6 Å². The van der Waals surface area contributed by atoms with Crippen molar-refractivity contribution < 1.29 is 15.0 Å². The Morgan fingerprint density at radius 3 is 2.22 bits per heavy atom. The van der Waals surface area contributed by atoms with E-state index < -0.39 is 11.4 Å². The Morgan fingerprint density at radius 1 is 1.11 bits per heavy atom. The summed E-state index contributed by atoms with van der Waals surface area (Å²) in [5.74, 6) is -0.697. The lowest BCUT2D eigenvalue weighted by molar-refractivity contribution is -0.145. The number of aliphatic hydroxyl groups is 1. The highest BCUT2D eigenvalue weighted by atomic mass is 16.4. The van der Waals surface area contributed by atoms with Crippen molar-refractivity contribution in [2.45, 2.75) is 43.9 Å². The third-order valence-corrected chi connectivity index (χ3v) is 4.02. The van der Waals surface area contributed by atoms with Gasteiger partial charge in [0.05, 0.1) is 5.41 Å². The van der Waals surface area contributed by atoms with Crippen molar-refractivity contribution >= 4 is 5.97 Å². The monoisotopic (exact) mass is 248 g/mol. The van der Waals surface area contributed by atoms with Crippen molar-refractivity contribution in [3.8, 4) is 0 Å². The minimum absolute atomic E-state index is 0.128. The summed E-state index contributed by atoms with van der Waals surface area (Å²) >= 11 is 0. The molecule has 0 bridgehead atoms. The molecule has 1 fully saturated rings. The highest BCUT2D eigenvalue weighted by Gasteiger charge is 2.41. The Morgan fingerprint density at radius 2 is 1.72 bits per heavy atom. The fraction of sp³-hybridized carbons (Fsp3) is 0.533. The number of hydrogen-bond donors (Lipinski definition) is 2. The van der Waals surface area contributed by atoms with Gasteiger partial charge in [0, 0.05) is 6.61 Å². The number of carboxylic acid groups (broad SMARTS) is 1.